The fourth-order valence-corrected chi connectivity index (χ4v) is 3.15. The highest BCUT2D eigenvalue weighted by Gasteiger charge is 2.14. The zero-order valence-electron chi connectivity index (χ0n) is 18.8. The van der Waals surface area contributed by atoms with E-state index >= 15 is 0 Å². The van der Waals surface area contributed by atoms with Gasteiger partial charge in [-0.2, -0.15) is 0 Å². The Morgan fingerprint density at radius 3 is 1.76 bits per heavy atom. The van der Waals surface area contributed by atoms with E-state index in [0.717, 1.165) is 44.1 Å². The van der Waals surface area contributed by atoms with Crippen molar-refractivity contribution in [2.45, 2.75) is 111 Å². The molecule has 0 bridgehead atoms. The minimum atomic E-state index is -0.280. The number of hydrogen-bond donors (Lipinski definition) is 0. The van der Waals surface area contributed by atoms with Gasteiger partial charge in [0.15, 0.2) is 11.5 Å². The van der Waals surface area contributed by atoms with Gasteiger partial charge in [-0.25, -0.2) is 0 Å². The van der Waals surface area contributed by atoms with Crippen LogP contribution in [0, 0.1) is 0 Å². The third kappa shape index (κ3) is 11.7. The third-order valence-electron chi connectivity index (χ3n) is 4.99. The third-order valence-corrected chi connectivity index (χ3v) is 4.99. The van der Waals surface area contributed by atoms with Gasteiger partial charge >= 0.3 is 11.9 Å². The predicted molar refractivity (Wildman–Crippen MR) is 118 cm³/mol. The Morgan fingerprint density at radius 2 is 1.17 bits per heavy atom. The lowest BCUT2D eigenvalue weighted by Crippen LogP contribution is -2.12. The molecule has 0 aliphatic carbocycles. The van der Waals surface area contributed by atoms with Crippen molar-refractivity contribution < 1.29 is 19.1 Å². The van der Waals surface area contributed by atoms with Crippen LogP contribution in [0.2, 0.25) is 0 Å². The summed E-state index contributed by atoms with van der Waals surface area (Å²) in [4.78, 5) is 24.1. The van der Waals surface area contributed by atoms with Gasteiger partial charge in [-0.1, -0.05) is 78.2 Å². The lowest BCUT2D eigenvalue weighted by molar-refractivity contribution is -0.137. The smallest absolute Gasteiger partial charge is 0.311 e. The maximum absolute atomic E-state index is 12.1. The molecule has 0 unspecified atom stereocenters. The van der Waals surface area contributed by atoms with E-state index in [2.05, 4.69) is 6.92 Å². The Labute approximate surface area is 177 Å². The second kappa shape index (κ2) is 16.0. The predicted octanol–water partition coefficient (Wildman–Crippen LogP) is 7.17. The molecule has 0 aliphatic rings. The first-order valence-corrected chi connectivity index (χ1v) is 11.6. The highest BCUT2D eigenvalue weighted by atomic mass is 16.6. The molecule has 1 rings (SSSR count). The first-order valence-electron chi connectivity index (χ1n) is 11.6. The van der Waals surface area contributed by atoms with Gasteiger partial charge in [0, 0.05) is 12.8 Å². The van der Waals surface area contributed by atoms with Crippen molar-refractivity contribution in [1.82, 2.24) is 0 Å². The Hall–Kier alpha value is -1.84. The van der Waals surface area contributed by atoms with Crippen LogP contribution in [-0.2, 0) is 16.0 Å². The van der Waals surface area contributed by atoms with E-state index in [4.69, 9.17) is 9.47 Å². The summed E-state index contributed by atoms with van der Waals surface area (Å²) in [5.41, 5.74) is 1.12. The summed E-state index contributed by atoms with van der Waals surface area (Å²) in [5.74, 6) is 0.166. The summed E-state index contributed by atoms with van der Waals surface area (Å²) < 4.78 is 11.0. The molecule has 0 saturated heterocycles. The Bertz CT molecular complexity index is 594. The number of carbonyl (C=O) groups excluding carboxylic acids is 2. The van der Waals surface area contributed by atoms with Crippen LogP contribution < -0.4 is 9.47 Å². The second-order valence-corrected chi connectivity index (χ2v) is 7.81. The average molecular weight is 405 g/mol. The van der Waals surface area contributed by atoms with Crippen molar-refractivity contribution in [3.05, 3.63) is 23.8 Å². The summed E-state index contributed by atoms with van der Waals surface area (Å²) in [6.07, 6.45) is 14.0. The van der Waals surface area contributed by atoms with E-state index in [0.29, 0.717) is 24.3 Å². The molecule has 0 aromatic heterocycles. The maximum Gasteiger partial charge on any atom is 0.311 e. The van der Waals surface area contributed by atoms with Gasteiger partial charge in [0.2, 0.25) is 0 Å². The quantitative estimate of drug-likeness (QED) is 0.166. The largest absolute Gasteiger partial charge is 0.423 e. The molecule has 1 aromatic carbocycles. The molecule has 4 heteroatoms. The number of ether oxygens (including phenoxy) is 2. The summed E-state index contributed by atoms with van der Waals surface area (Å²) in [7, 11) is 0. The van der Waals surface area contributed by atoms with Crippen molar-refractivity contribution in [3.8, 4) is 11.5 Å². The van der Waals surface area contributed by atoms with E-state index in [-0.39, 0.29) is 11.9 Å². The summed E-state index contributed by atoms with van der Waals surface area (Å²) in [6.45, 7) is 6.31. The monoisotopic (exact) mass is 404 g/mol. The molecule has 0 saturated carbocycles. The van der Waals surface area contributed by atoms with Gasteiger partial charge in [0.25, 0.3) is 0 Å². The van der Waals surface area contributed by atoms with E-state index in [1.807, 2.05) is 26.0 Å². The minimum Gasteiger partial charge on any atom is -0.423 e. The number of hydrogen-bond acceptors (Lipinski definition) is 4. The molecule has 1 aromatic rings. The molecular weight excluding hydrogens is 364 g/mol. The topological polar surface area (TPSA) is 52.6 Å². The SMILES string of the molecule is CCCCCCCCCc1ccc(OC(=O)CCCC)c(OC(=O)CCCC)c1. The first-order chi connectivity index (χ1) is 14.1. The average Bonchev–Trinajstić information content (AvgIpc) is 2.71. The van der Waals surface area contributed by atoms with E-state index in [1.54, 1.807) is 6.07 Å². The van der Waals surface area contributed by atoms with Crippen LogP contribution in [-0.4, -0.2) is 11.9 Å². The number of unbranched alkanes of at least 4 members (excludes halogenated alkanes) is 8. The van der Waals surface area contributed by atoms with Gasteiger partial charge < -0.3 is 9.47 Å². The molecule has 0 amide bonds. The minimum absolute atomic E-state index is 0.272. The number of rotatable bonds is 16. The first kappa shape index (κ1) is 25.2. The second-order valence-electron chi connectivity index (χ2n) is 7.81. The number of aryl methyl sites for hydroxylation is 1. The molecular formula is C25H40O4. The molecule has 164 valence electrons. The van der Waals surface area contributed by atoms with E-state index in [1.165, 1.54) is 38.5 Å². The van der Waals surface area contributed by atoms with Crippen molar-refractivity contribution in [3.63, 3.8) is 0 Å². The molecule has 0 atom stereocenters. The highest BCUT2D eigenvalue weighted by Crippen LogP contribution is 2.30. The van der Waals surface area contributed by atoms with Crippen LogP contribution in [0.4, 0.5) is 0 Å². The van der Waals surface area contributed by atoms with Crippen LogP contribution in [0.3, 0.4) is 0 Å². The summed E-state index contributed by atoms with van der Waals surface area (Å²) in [5, 5.41) is 0. The normalized spacial score (nSPS) is 10.7. The van der Waals surface area contributed by atoms with Crippen molar-refractivity contribution in [2.24, 2.45) is 0 Å². The molecule has 4 nitrogen and oxygen atoms in total. The lowest BCUT2D eigenvalue weighted by atomic mass is 10.0. The van der Waals surface area contributed by atoms with Gasteiger partial charge in [-0.3, -0.25) is 9.59 Å². The zero-order chi connectivity index (χ0) is 21.3. The lowest BCUT2D eigenvalue weighted by Gasteiger charge is -2.12. The van der Waals surface area contributed by atoms with Gasteiger partial charge in [-0.15, -0.1) is 0 Å². The molecule has 0 radical (unpaired) electrons. The molecule has 0 heterocycles. The van der Waals surface area contributed by atoms with Crippen molar-refractivity contribution >= 4 is 11.9 Å². The fourth-order valence-electron chi connectivity index (χ4n) is 3.15. The highest BCUT2D eigenvalue weighted by molar-refractivity contribution is 5.76. The van der Waals surface area contributed by atoms with Crippen LogP contribution in [0.25, 0.3) is 0 Å². The van der Waals surface area contributed by atoms with Crippen molar-refractivity contribution in [2.75, 3.05) is 0 Å². The zero-order valence-corrected chi connectivity index (χ0v) is 18.8. The number of esters is 2. The molecule has 29 heavy (non-hydrogen) atoms. The maximum atomic E-state index is 12.1. The van der Waals surface area contributed by atoms with Crippen LogP contribution in [0.1, 0.15) is 110 Å². The van der Waals surface area contributed by atoms with Crippen molar-refractivity contribution in [1.29, 1.82) is 0 Å². The van der Waals surface area contributed by atoms with Crippen LogP contribution >= 0.6 is 0 Å². The molecule has 0 aliphatic heterocycles. The standard InChI is InChI=1S/C25H40O4/c1-4-7-10-11-12-13-14-15-21-18-19-22(28-24(26)16-8-5-2)23(20-21)29-25(27)17-9-6-3/h18-20H,4-17H2,1-3H3. The number of benzene rings is 1. The van der Waals surface area contributed by atoms with Crippen LogP contribution in [0.5, 0.6) is 11.5 Å². The van der Waals surface area contributed by atoms with Crippen LogP contribution in [0.15, 0.2) is 18.2 Å². The van der Waals surface area contributed by atoms with Gasteiger partial charge in [-0.05, 0) is 43.4 Å². The van der Waals surface area contributed by atoms with E-state index in [9.17, 15) is 9.59 Å². The van der Waals surface area contributed by atoms with E-state index < -0.39 is 0 Å². The molecule has 0 fully saturated rings. The Kier molecular flexibility index (Phi) is 13.9. The summed E-state index contributed by atoms with van der Waals surface area (Å²) >= 11 is 0. The Balaban J connectivity index is 2.67. The molecule has 0 N–H and O–H groups in total. The molecule has 0 spiro atoms. The summed E-state index contributed by atoms with van der Waals surface area (Å²) in [6, 6.07) is 5.61. The van der Waals surface area contributed by atoms with Gasteiger partial charge in [0.05, 0.1) is 0 Å². The Morgan fingerprint density at radius 1 is 0.655 bits per heavy atom. The number of carbonyl (C=O) groups is 2. The van der Waals surface area contributed by atoms with Gasteiger partial charge in [0.1, 0.15) is 0 Å². The fraction of sp³-hybridized carbons (Fsp3) is 0.680.